The third-order valence-corrected chi connectivity index (χ3v) is 4.87. The summed E-state index contributed by atoms with van der Waals surface area (Å²) in [4.78, 5) is 39.3. The van der Waals surface area contributed by atoms with Gasteiger partial charge in [-0.1, -0.05) is 35.5 Å². The number of fused-ring (bicyclic) bond motifs is 3. The van der Waals surface area contributed by atoms with Gasteiger partial charge in [-0.25, -0.2) is 9.36 Å². The van der Waals surface area contributed by atoms with Crippen LogP contribution in [0.4, 0.5) is 5.82 Å². The van der Waals surface area contributed by atoms with E-state index in [4.69, 9.17) is 8.94 Å². The van der Waals surface area contributed by atoms with Gasteiger partial charge in [-0.3, -0.25) is 14.2 Å². The van der Waals surface area contributed by atoms with Crippen molar-refractivity contribution in [1.29, 1.82) is 0 Å². The average molecular weight is 416 g/mol. The number of amides is 1. The van der Waals surface area contributed by atoms with E-state index >= 15 is 0 Å². The van der Waals surface area contributed by atoms with Gasteiger partial charge in [0.15, 0.2) is 5.82 Å². The molecular weight excluding hydrogens is 400 g/mol. The topological polar surface area (TPSA) is 112 Å². The first kappa shape index (κ1) is 18.6. The Hall–Kier alpha value is -4.40. The largest absolute Gasteiger partial charge is 0.449 e. The molecule has 0 spiro atoms. The van der Waals surface area contributed by atoms with Gasteiger partial charge in [0.2, 0.25) is 11.5 Å². The molecule has 1 amide bonds. The Balaban J connectivity index is 1.74. The Labute approximate surface area is 174 Å². The van der Waals surface area contributed by atoms with E-state index < -0.39 is 17.2 Å². The summed E-state index contributed by atoms with van der Waals surface area (Å²) >= 11 is 0. The van der Waals surface area contributed by atoms with Gasteiger partial charge in [-0.05, 0) is 31.2 Å². The molecule has 1 N–H and O–H groups in total. The van der Waals surface area contributed by atoms with Crippen molar-refractivity contribution in [2.75, 3.05) is 5.32 Å². The Morgan fingerprint density at radius 3 is 2.55 bits per heavy atom. The lowest BCUT2D eigenvalue weighted by atomic mass is 10.2. The number of nitrogens with one attached hydrogen (secondary N) is 1. The molecule has 0 aliphatic heterocycles. The van der Waals surface area contributed by atoms with Crippen LogP contribution in [0.3, 0.4) is 0 Å². The third kappa shape index (κ3) is 3.12. The molecule has 9 nitrogen and oxygen atoms in total. The van der Waals surface area contributed by atoms with Crippen molar-refractivity contribution in [3.8, 4) is 5.69 Å². The number of hydrogen-bond donors (Lipinski definition) is 1. The highest BCUT2D eigenvalue weighted by Crippen LogP contribution is 2.26. The van der Waals surface area contributed by atoms with E-state index in [0.717, 1.165) is 4.57 Å². The molecule has 0 radical (unpaired) electrons. The summed E-state index contributed by atoms with van der Waals surface area (Å²) in [6.45, 7) is 1.35. The summed E-state index contributed by atoms with van der Waals surface area (Å²) in [6, 6.07) is 17.0. The van der Waals surface area contributed by atoms with E-state index in [0.29, 0.717) is 22.4 Å². The molecule has 5 aromatic rings. The zero-order valence-electron chi connectivity index (χ0n) is 16.4. The summed E-state index contributed by atoms with van der Waals surface area (Å²) in [7, 11) is 0. The van der Waals surface area contributed by atoms with Crippen LogP contribution in [-0.4, -0.2) is 20.2 Å². The number of para-hydroxylation sites is 2. The predicted octanol–water partition coefficient (Wildman–Crippen LogP) is 2.83. The normalized spacial score (nSPS) is 11.3. The maximum Gasteiger partial charge on any atom is 0.336 e. The second-order valence-corrected chi connectivity index (χ2v) is 6.99. The van der Waals surface area contributed by atoms with Crippen molar-refractivity contribution in [2.24, 2.45) is 0 Å². The minimum atomic E-state index is -0.651. The molecule has 0 aliphatic rings. The summed E-state index contributed by atoms with van der Waals surface area (Å²) in [6.07, 6.45) is 0. The highest BCUT2D eigenvalue weighted by molar-refractivity contribution is 6.03. The molecule has 154 valence electrons. The maximum absolute atomic E-state index is 13.4. The second-order valence-electron chi connectivity index (χ2n) is 6.99. The first-order valence-electron chi connectivity index (χ1n) is 9.48. The minimum Gasteiger partial charge on any atom is -0.449 e. The highest BCUT2D eigenvalue weighted by Gasteiger charge is 2.22. The van der Waals surface area contributed by atoms with Gasteiger partial charge in [0.1, 0.15) is 23.4 Å². The van der Waals surface area contributed by atoms with E-state index in [1.165, 1.54) is 4.57 Å². The van der Waals surface area contributed by atoms with Crippen LogP contribution < -0.4 is 16.6 Å². The van der Waals surface area contributed by atoms with Crippen molar-refractivity contribution in [2.45, 2.75) is 13.5 Å². The van der Waals surface area contributed by atoms with E-state index in [2.05, 4.69) is 10.5 Å². The van der Waals surface area contributed by atoms with Crippen molar-refractivity contribution >= 4 is 33.8 Å². The molecule has 31 heavy (non-hydrogen) atoms. The lowest BCUT2D eigenvalue weighted by molar-refractivity contribution is -0.116. The van der Waals surface area contributed by atoms with Crippen LogP contribution in [0, 0.1) is 6.92 Å². The Bertz CT molecular complexity index is 1560. The molecule has 0 aliphatic carbocycles. The van der Waals surface area contributed by atoms with Gasteiger partial charge in [0.05, 0.1) is 5.69 Å². The van der Waals surface area contributed by atoms with Crippen LogP contribution in [-0.2, 0) is 11.3 Å². The zero-order valence-corrected chi connectivity index (χ0v) is 16.4. The average Bonchev–Trinajstić information content (AvgIpc) is 3.35. The summed E-state index contributed by atoms with van der Waals surface area (Å²) in [5.41, 5.74) is -0.158. The number of aryl methyl sites for hydroxylation is 1. The van der Waals surface area contributed by atoms with Crippen molar-refractivity contribution in [3.05, 3.63) is 87.3 Å². The first-order chi connectivity index (χ1) is 15.0. The molecule has 2 aromatic carbocycles. The molecule has 9 heteroatoms. The van der Waals surface area contributed by atoms with Crippen molar-refractivity contribution in [1.82, 2.24) is 14.3 Å². The molecule has 0 saturated carbocycles. The number of hydrogen-bond acceptors (Lipinski definition) is 6. The minimum absolute atomic E-state index is 0.00488. The first-order valence-corrected chi connectivity index (χ1v) is 9.48. The number of benzene rings is 2. The SMILES string of the molecule is Cc1cc(NC(=O)Cn2c(=O)n(-c3ccccc3)c(=O)c3oc4ccccc4c32)no1. The molecule has 0 fully saturated rings. The van der Waals surface area contributed by atoms with Crippen LogP contribution >= 0.6 is 0 Å². The van der Waals surface area contributed by atoms with Crippen molar-refractivity contribution < 1.29 is 13.7 Å². The molecule has 0 saturated heterocycles. The Morgan fingerprint density at radius 1 is 1.06 bits per heavy atom. The number of rotatable bonds is 4. The number of aromatic nitrogens is 3. The molecule has 3 heterocycles. The van der Waals surface area contributed by atoms with Crippen LogP contribution in [0.2, 0.25) is 0 Å². The van der Waals surface area contributed by atoms with E-state index in [1.54, 1.807) is 67.6 Å². The number of carbonyl (C=O) groups is 1. The zero-order chi connectivity index (χ0) is 21.5. The van der Waals surface area contributed by atoms with Crippen molar-refractivity contribution in [3.63, 3.8) is 0 Å². The van der Waals surface area contributed by atoms with Gasteiger partial charge in [0.25, 0.3) is 0 Å². The lowest BCUT2D eigenvalue weighted by Crippen LogP contribution is -2.40. The molecule has 5 rings (SSSR count). The number of nitrogens with zero attached hydrogens (tertiary/aromatic N) is 3. The van der Waals surface area contributed by atoms with Crippen LogP contribution in [0.1, 0.15) is 5.76 Å². The molecule has 3 aromatic heterocycles. The van der Waals surface area contributed by atoms with Crippen LogP contribution in [0.25, 0.3) is 27.8 Å². The van der Waals surface area contributed by atoms with Gasteiger partial charge < -0.3 is 14.3 Å². The third-order valence-electron chi connectivity index (χ3n) is 4.87. The Kier molecular flexibility index (Phi) is 4.28. The van der Waals surface area contributed by atoms with Gasteiger partial charge in [-0.2, -0.15) is 0 Å². The molecule has 0 atom stereocenters. The van der Waals surface area contributed by atoms with Gasteiger partial charge >= 0.3 is 11.2 Å². The van der Waals surface area contributed by atoms with E-state index in [-0.39, 0.29) is 23.5 Å². The number of carbonyl (C=O) groups excluding carboxylic acids is 1. The quantitative estimate of drug-likeness (QED) is 0.482. The maximum atomic E-state index is 13.4. The van der Waals surface area contributed by atoms with Gasteiger partial charge in [0, 0.05) is 11.5 Å². The summed E-state index contributed by atoms with van der Waals surface area (Å²) < 4.78 is 13.0. The monoisotopic (exact) mass is 416 g/mol. The highest BCUT2D eigenvalue weighted by atomic mass is 16.5. The standard InChI is InChI=1S/C22H16N4O5/c1-13-11-17(24-31-13)23-18(27)12-25-19-15-9-5-6-10-16(15)30-20(19)21(28)26(22(25)29)14-7-3-2-4-8-14/h2-11H,12H2,1H3,(H,23,24,27). The number of anilines is 1. The van der Waals surface area contributed by atoms with E-state index in [1.807, 2.05) is 0 Å². The fraction of sp³-hybridized carbons (Fsp3) is 0.0909. The molecule has 0 unspecified atom stereocenters. The summed E-state index contributed by atoms with van der Waals surface area (Å²) in [5, 5.41) is 6.90. The lowest BCUT2D eigenvalue weighted by Gasteiger charge is -2.11. The molecular formula is C22H16N4O5. The van der Waals surface area contributed by atoms with Crippen LogP contribution in [0.15, 0.2) is 79.2 Å². The van der Waals surface area contributed by atoms with E-state index in [9.17, 15) is 14.4 Å². The van der Waals surface area contributed by atoms with Gasteiger partial charge in [-0.15, -0.1) is 0 Å². The smallest absolute Gasteiger partial charge is 0.336 e. The second kappa shape index (κ2) is 7.13. The fourth-order valence-corrected chi connectivity index (χ4v) is 3.55. The number of furan rings is 1. The molecule has 0 bridgehead atoms. The Morgan fingerprint density at radius 2 is 1.81 bits per heavy atom. The fourth-order valence-electron chi connectivity index (χ4n) is 3.55. The predicted molar refractivity (Wildman–Crippen MR) is 113 cm³/mol. The summed E-state index contributed by atoms with van der Waals surface area (Å²) in [5.74, 6) is 0.272. The van der Waals surface area contributed by atoms with Crippen LogP contribution in [0.5, 0.6) is 0 Å².